The number of Topliss-reactive ketones (excluding diaryl/α,β-unsaturated/α-hetero) is 1. The summed E-state index contributed by atoms with van der Waals surface area (Å²) in [5.74, 6) is 1.02. The summed E-state index contributed by atoms with van der Waals surface area (Å²) in [5.41, 5.74) is 10.3. The molecule has 0 radical (unpaired) electrons. The number of anilines is 5. The van der Waals surface area contributed by atoms with E-state index in [0.717, 1.165) is 17.8 Å². The summed E-state index contributed by atoms with van der Waals surface area (Å²) in [5, 5.41) is 6.40. The molecule has 0 fully saturated rings. The van der Waals surface area contributed by atoms with Gasteiger partial charge in [0.05, 0.1) is 0 Å². The van der Waals surface area contributed by atoms with Gasteiger partial charge in [0.15, 0.2) is 17.4 Å². The van der Waals surface area contributed by atoms with Gasteiger partial charge in [-0.2, -0.15) is 0 Å². The fourth-order valence-corrected chi connectivity index (χ4v) is 2.82. The SMILES string of the molecule is CCCCc1ccc(Nc2ncnc(Nc3cccc(C(C)=O)c3)c2N)cc1. The highest BCUT2D eigenvalue weighted by molar-refractivity contribution is 5.95. The van der Waals surface area contributed by atoms with Crippen LogP contribution in [0.15, 0.2) is 54.9 Å². The van der Waals surface area contributed by atoms with Crippen LogP contribution < -0.4 is 16.4 Å². The molecule has 0 aliphatic carbocycles. The number of benzene rings is 2. The van der Waals surface area contributed by atoms with E-state index < -0.39 is 0 Å². The van der Waals surface area contributed by atoms with Gasteiger partial charge in [0.25, 0.3) is 0 Å². The molecule has 3 rings (SSSR count). The van der Waals surface area contributed by atoms with Crippen molar-refractivity contribution in [2.24, 2.45) is 0 Å². The molecule has 0 bridgehead atoms. The number of nitrogens with one attached hydrogen (secondary N) is 2. The number of nitrogens with two attached hydrogens (primary N) is 1. The number of ketones is 1. The Morgan fingerprint density at radius 1 is 1.00 bits per heavy atom. The van der Waals surface area contributed by atoms with Gasteiger partial charge in [-0.1, -0.05) is 37.6 Å². The number of nitrogens with zero attached hydrogens (tertiary/aromatic N) is 2. The van der Waals surface area contributed by atoms with Crippen molar-refractivity contribution < 1.29 is 4.79 Å². The third kappa shape index (κ3) is 4.85. The predicted octanol–water partition coefficient (Wildman–Crippen LogP) is 5.09. The Morgan fingerprint density at radius 3 is 2.32 bits per heavy atom. The monoisotopic (exact) mass is 375 g/mol. The fraction of sp³-hybridized carbons (Fsp3) is 0.227. The third-order valence-electron chi connectivity index (χ3n) is 4.45. The molecule has 0 saturated carbocycles. The molecule has 6 nitrogen and oxygen atoms in total. The van der Waals surface area contributed by atoms with Crippen molar-refractivity contribution in [3.05, 3.63) is 66.0 Å². The molecule has 0 atom stereocenters. The lowest BCUT2D eigenvalue weighted by Gasteiger charge is -2.13. The van der Waals surface area contributed by atoms with Gasteiger partial charge in [0.2, 0.25) is 0 Å². The van der Waals surface area contributed by atoms with Gasteiger partial charge >= 0.3 is 0 Å². The van der Waals surface area contributed by atoms with E-state index >= 15 is 0 Å². The van der Waals surface area contributed by atoms with E-state index in [1.807, 2.05) is 24.3 Å². The highest BCUT2D eigenvalue weighted by atomic mass is 16.1. The number of aryl methyl sites for hydroxylation is 1. The average molecular weight is 375 g/mol. The molecule has 1 aromatic heterocycles. The Morgan fingerprint density at radius 2 is 1.68 bits per heavy atom. The molecule has 1 heterocycles. The lowest BCUT2D eigenvalue weighted by atomic mass is 10.1. The van der Waals surface area contributed by atoms with Gasteiger partial charge in [0, 0.05) is 16.9 Å². The molecule has 0 saturated heterocycles. The van der Waals surface area contributed by atoms with Crippen LogP contribution in [0.1, 0.15) is 42.6 Å². The Labute approximate surface area is 165 Å². The minimum Gasteiger partial charge on any atom is -0.393 e. The van der Waals surface area contributed by atoms with Crippen molar-refractivity contribution in [1.29, 1.82) is 0 Å². The maximum absolute atomic E-state index is 11.6. The zero-order valence-electron chi connectivity index (χ0n) is 16.2. The van der Waals surface area contributed by atoms with Crippen molar-refractivity contribution in [1.82, 2.24) is 9.97 Å². The Hall–Kier alpha value is -3.41. The number of nitrogen functional groups attached to an aromatic ring is 1. The summed E-state index contributed by atoms with van der Waals surface area (Å²) in [6, 6.07) is 15.5. The second-order valence-corrected chi connectivity index (χ2v) is 6.67. The Kier molecular flexibility index (Phi) is 6.22. The molecule has 0 unspecified atom stereocenters. The van der Waals surface area contributed by atoms with Gasteiger partial charge in [0.1, 0.15) is 12.0 Å². The lowest BCUT2D eigenvalue weighted by molar-refractivity contribution is 0.101. The van der Waals surface area contributed by atoms with Gasteiger partial charge in [-0.05, 0) is 49.6 Å². The molecule has 6 heteroatoms. The maximum atomic E-state index is 11.6. The number of hydrogen-bond acceptors (Lipinski definition) is 6. The van der Waals surface area contributed by atoms with E-state index in [1.54, 1.807) is 12.1 Å². The van der Waals surface area contributed by atoms with Crippen LogP contribution in [-0.4, -0.2) is 15.8 Å². The van der Waals surface area contributed by atoms with Gasteiger partial charge in [-0.25, -0.2) is 9.97 Å². The topological polar surface area (TPSA) is 92.9 Å². The lowest BCUT2D eigenvalue weighted by Crippen LogP contribution is -2.05. The molecule has 3 aromatic rings. The fourth-order valence-electron chi connectivity index (χ4n) is 2.82. The highest BCUT2D eigenvalue weighted by Gasteiger charge is 2.10. The molecular weight excluding hydrogens is 350 g/mol. The van der Waals surface area contributed by atoms with E-state index in [1.165, 1.54) is 31.7 Å². The van der Waals surface area contributed by atoms with E-state index in [9.17, 15) is 4.79 Å². The van der Waals surface area contributed by atoms with Crippen LogP contribution in [-0.2, 0) is 6.42 Å². The van der Waals surface area contributed by atoms with Gasteiger partial charge < -0.3 is 16.4 Å². The van der Waals surface area contributed by atoms with Crippen LogP contribution in [0.3, 0.4) is 0 Å². The molecule has 4 N–H and O–H groups in total. The second-order valence-electron chi connectivity index (χ2n) is 6.67. The minimum atomic E-state index is 0.00375. The predicted molar refractivity (Wildman–Crippen MR) is 115 cm³/mol. The van der Waals surface area contributed by atoms with E-state index in [-0.39, 0.29) is 5.78 Å². The summed E-state index contributed by atoms with van der Waals surface area (Å²) < 4.78 is 0. The summed E-state index contributed by atoms with van der Waals surface area (Å²) in [4.78, 5) is 20.0. The van der Waals surface area contributed by atoms with E-state index in [2.05, 4.69) is 39.7 Å². The molecule has 0 amide bonds. The van der Waals surface area contributed by atoms with Gasteiger partial charge in [-0.15, -0.1) is 0 Å². The Bertz CT molecular complexity index is 953. The third-order valence-corrected chi connectivity index (χ3v) is 4.45. The van der Waals surface area contributed by atoms with E-state index in [4.69, 9.17) is 5.73 Å². The first-order valence-electron chi connectivity index (χ1n) is 9.41. The number of carbonyl (C=O) groups excluding carboxylic acids is 1. The number of hydrogen-bond donors (Lipinski definition) is 3. The van der Waals surface area contributed by atoms with Crippen molar-refractivity contribution in [2.45, 2.75) is 33.1 Å². The summed E-state index contributed by atoms with van der Waals surface area (Å²) in [7, 11) is 0. The molecule has 0 aliphatic rings. The van der Waals surface area contributed by atoms with Crippen molar-refractivity contribution in [3.63, 3.8) is 0 Å². The van der Waals surface area contributed by atoms with Crippen LogP contribution in [0.2, 0.25) is 0 Å². The first-order chi connectivity index (χ1) is 13.6. The normalized spacial score (nSPS) is 10.5. The standard InChI is InChI=1S/C22H25N5O/c1-3-4-6-16-9-11-18(12-10-16)26-21-20(23)22(25-14-24-21)27-19-8-5-7-17(13-19)15(2)28/h5,7-14H,3-4,6,23H2,1-2H3,(H2,24,25,26,27). The zero-order chi connectivity index (χ0) is 19.9. The van der Waals surface area contributed by atoms with Crippen LogP contribution in [0.4, 0.5) is 28.7 Å². The number of rotatable bonds is 8. The minimum absolute atomic E-state index is 0.00375. The van der Waals surface area contributed by atoms with Crippen LogP contribution in [0.5, 0.6) is 0 Å². The quantitative estimate of drug-likeness (QED) is 0.475. The van der Waals surface area contributed by atoms with Crippen LogP contribution >= 0.6 is 0 Å². The van der Waals surface area contributed by atoms with Gasteiger partial charge in [-0.3, -0.25) is 4.79 Å². The van der Waals surface area contributed by atoms with Crippen molar-refractivity contribution in [2.75, 3.05) is 16.4 Å². The number of carbonyl (C=O) groups is 1. The van der Waals surface area contributed by atoms with Crippen molar-refractivity contribution >= 4 is 34.5 Å². The van der Waals surface area contributed by atoms with E-state index in [0.29, 0.717) is 22.9 Å². The molecule has 144 valence electrons. The molecule has 2 aromatic carbocycles. The van der Waals surface area contributed by atoms with Crippen LogP contribution in [0.25, 0.3) is 0 Å². The smallest absolute Gasteiger partial charge is 0.159 e. The summed E-state index contributed by atoms with van der Waals surface area (Å²) >= 11 is 0. The summed E-state index contributed by atoms with van der Waals surface area (Å²) in [6.07, 6.45) is 4.90. The summed E-state index contributed by atoms with van der Waals surface area (Å²) in [6.45, 7) is 3.73. The average Bonchev–Trinajstić information content (AvgIpc) is 2.70. The molecule has 28 heavy (non-hydrogen) atoms. The molecule has 0 aliphatic heterocycles. The zero-order valence-corrected chi connectivity index (χ0v) is 16.2. The Balaban J connectivity index is 1.75. The number of unbranched alkanes of at least 4 members (excludes halogenated alkanes) is 1. The first kappa shape index (κ1) is 19.4. The largest absolute Gasteiger partial charge is 0.393 e. The van der Waals surface area contributed by atoms with Crippen molar-refractivity contribution in [3.8, 4) is 0 Å². The highest BCUT2D eigenvalue weighted by Crippen LogP contribution is 2.28. The molecular formula is C22H25N5O. The maximum Gasteiger partial charge on any atom is 0.159 e. The first-order valence-corrected chi connectivity index (χ1v) is 9.41. The second kappa shape index (κ2) is 8.99. The molecule has 0 spiro atoms. The number of aromatic nitrogens is 2. The van der Waals surface area contributed by atoms with Crippen LogP contribution in [0, 0.1) is 0 Å².